The van der Waals surface area contributed by atoms with Gasteiger partial charge in [-0.15, -0.1) is 0 Å². The van der Waals surface area contributed by atoms with Gasteiger partial charge in [0, 0.05) is 37.6 Å². The maximum atomic E-state index is 11.5. The summed E-state index contributed by atoms with van der Waals surface area (Å²) in [7, 11) is 0. The molecule has 144 valence electrons. The third-order valence-electron chi connectivity index (χ3n) is 9.17. The predicted octanol–water partition coefficient (Wildman–Crippen LogP) is 3.53. The fraction of sp³-hybridized carbons (Fsp3) is 0.952. The Morgan fingerprint density at radius 1 is 1.00 bits per heavy atom. The van der Waals surface area contributed by atoms with Crippen molar-refractivity contribution in [2.75, 3.05) is 6.54 Å². The summed E-state index contributed by atoms with van der Waals surface area (Å²) in [6, 6.07) is 0. The average molecular weight is 361 g/mol. The largest absolute Gasteiger partial charge is 0.356 e. The minimum Gasteiger partial charge on any atom is -0.356 e. The third-order valence-corrected chi connectivity index (χ3v) is 9.17. The maximum Gasteiger partial charge on any atom is 0.219 e. The summed E-state index contributed by atoms with van der Waals surface area (Å²) in [5.41, 5.74) is 0.665. The van der Waals surface area contributed by atoms with Crippen LogP contribution in [0.5, 0.6) is 0 Å². The van der Waals surface area contributed by atoms with Crippen LogP contribution >= 0.6 is 0 Å². The van der Waals surface area contributed by atoms with E-state index in [9.17, 15) is 4.79 Å². The van der Waals surface area contributed by atoms with Crippen LogP contribution in [0.15, 0.2) is 0 Å². The number of rotatable bonds is 3. The highest BCUT2D eigenvalue weighted by molar-refractivity contribution is 5.75. The minimum atomic E-state index is -0.527. The number of nitrogens with one attached hydrogen (secondary N) is 1. The van der Waals surface area contributed by atoms with Crippen LogP contribution in [-0.2, 0) is 19.3 Å². The summed E-state index contributed by atoms with van der Waals surface area (Å²) >= 11 is 0. The SMILES string of the molecule is CCC(=O)NCC1CCC2(CC1)OOC1(O2)C2CC3CC4CC1CC34C2. The standard InChI is InChI=1S/C21H31NO4/c1-2-18(23)22-12-13-3-5-20(6-4-13)24-21(26-25-20)16-8-14-7-15-9-17(21)11-19(14,15)10-16/h13-17H,2-12H2,1H3,(H,22,23). The van der Waals surface area contributed by atoms with Crippen LogP contribution in [0.3, 0.4) is 0 Å². The normalized spacial score (nSPS) is 56.1. The molecule has 3 bridgehead atoms. The van der Waals surface area contributed by atoms with Gasteiger partial charge in [0.1, 0.15) is 0 Å². The first kappa shape index (κ1) is 16.3. The monoisotopic (exact) mass is 361 g/mol. The molecular formula is C21H31NO4. The molecule has 4 unspecified atom stereocenters. The summed E-state index contributed by atoms with van der Waals surface area (Å²) < 4.78 is 6.81. The van der Waals surface area contributed by atoms with Crippen LogP contribution < -0.4 is 5.32 Å². The Kier molecular flexibility index (Phi) is 3.29. The Balaban J connectivity index is 1.14. The van der Waals surface area contributed by atoms with Crippen molar-refractivity contribution in [1.29, 1.82) is 0 Å². The molecule has 3 spiro atoms. The molecule has 1 N–H and O–H groups in total. The number of carbonyl (C=O) groups is 1. The van der Waals surface area contributed by atoms with E-state index in [-0.39, 0.29) is 5.91 Å². The summed E-state index contributed by atoms with van der Waals surface area (Å²) in [4.78, 5) is 23.7. The number of hydrogen-bond acceptors (Lipinski definition) is 4. The lowest BCUT2D eigenvalue weighted by atomic mass is 9.56. The van der Waals surface area contributed by atoms with E-state index >= 15 is 0 Å². The Bertz CT molecular complexity index is 602. The van der Waals surface area contributed by atoms with Gasteiger partial charge in [-0.1, -0.05) is 6.92 Å². The Morgan fingerprint density at radius 3 is 2.31 bits per heavy atom. The fourth-order valence-corrected chi connectivity index (χ4v) is 7.77. The van der Waals surface area contributed by atoms with Gasteiger partial charge in [-0.2, -0.15) is 9.78 Å². The Morgan fingerprint density at radius 2 is 1.65 bits per heavy atom. The highest BCUT2D eigenvalue weighted by Crippen LogP contribution is 2.79. The molecule has 6 aliphatic rings. The number of carbonyl (C=O) groups excluding carboxylic acids is 1. The first-order chi connectivity index (χ1) is 12.6. The lowest BCUT2D eigenvalue weighted by Crippen LogP contribution is -2.50. The van der Waals surface area contributed by atoms with Gasteiger partial charge in [0.2, 0.25) is 17.5 Å². The van der Waals surface area contributed by atoms with Gasteiger partial charge in [-0.3, -0.25) is 4.79 Å². The molecule has 6 fully saturated rings. The van der Waals surface area contributed by atoms with Gasteiger partial charge >= 0.3 is 0 Å². The number of amides is 1. The highest BCUT2D eigenvalue weighted by atomic mass is 17.3. The van der Waals surface area contributed by atoms with Crippen molar-refractivity contribution in [2.45, 2.75) is 82.7 Å². The molecule has 0 radical (unpaired) electrons. The molecular weight excluding hydrogens is 330 g/mol. The molecule has 5 nitrogen and oxygen atoms in total. The molecule has 1 saturated heterocycles. The van der Waals surface area contributed by atoms with Gasteiger partial charge in [0.05, 0.1) is 0 Å². The molecule has 5 aliphatic carbocycles. The molecule has 0 aromatic rings. The molecule has 6 rings (SSSR count). The van der Waals surface area contributed by atoms with Crippen molar-refractivity contribution >= 4 is 5.91 Å². The molecule has 26 heavy (non-hydrogen) atoms. The highest BCUT2D eigenvalue weighted by Gasteiger charge is 2.77. The predicted molar refractivity (Wildman–Crippen MR) is 93.5 cm³/mol. The second kappa shape index (κ2) is 5.24. The summed E-state index contributed by atoms with van der Waals surface area (Å²) in [6.45, 7) is 2.68. The molecule has 1 amide bonds. The van der Waals surface area contributed by atoms with Crippen LogP contribution in [-0.4, -0.2) is 24.0 Å². The van der Waals surface area contributed by atoms with E-state index in [0.29, 0.717) is 29.6 Å². The zero-order valence-electron chi connectivity index (χ0n) is 15.8. The van der Waals surface area contributed by atoms with Crippen molar-refractivity contribution in [1.82, 2.24) is 5.32 Å². The molecule has 1 aliphatic heterocycles. The lowest BCUT2D eigenvalue weighted by molar-refractivity contribution is -0.375. The van der Waals surface area contributed by atoms with Crippen molar-refractivity contribution in [3.8, 4) is 0 Å². The Labute approximate surface area is 155 Å². The smallest absolute Gasteiger partial charge is 0.219 e. The molecule has 0 aromatic carbocycles. The van der Waals surface area contributed by atoms with Gasteiger partial charge < -0.3 is 10.1 Å². The molecule has 0 aromatic heterocycles. The lowest BCUT2D eigenvalue weighted by Gasteiger charge is -2.49. The molecule has 5 heteroatoms. The van der Waals surface area contributed by atoms with E-state index in [1.54, 1.807) is 0 Å². The van der Waals surface area contributed by atoms with Crippen LogP contribution in [0, 0.1) is 35.0 Å². The van der Waals surface area contributed by atoms with E-state index < -0.39 is 11.6 Å². The van der Waals surface area contributed by atoms with Gasteiger partial charge in [0.15, 0.2) is 0 Å². The van der Waals surface area contributed by atoms with Gasteiger partial charge in [-0.05, 0) is 68.1 Å². The molecule has 1 heterocycles. The zero-order chi connectivity index (χ0) is 17.6. The number of fused-ring (bicyclic) bond motifs is 4. The summed E-state index contributed by atoms with van der Waals surface area (Å²) in [5, 5.41) is 3.04. The van der Waals surface area contributed by atoms with E-state index in [1.807, 2.05) is 6.92 Å². The number of hydrogen-bond donors (Lipinski definition) is 1. The van der Waals surface area contributed by atoms with Crippen molar-refractivity contribution in [3.63, 3.8) is 0 Å². The van der Waals surface area contributed by atoms with Crippen molar-refractivity contribution in [3.05, 3.63) is 0 Å². The fourth-order valence-electron chi connectivity index (χ4n) is 7.77. The second-order valence-electron chi connectivity index (χ2n) is 10.1. The third kappa shape index (κ3) is 1.95. The molecule has 4 atom stereocenters. The maximum absolute atomic E-state index is 11.5. The summed E-state index contributed by atoms with van der Waals surface area (Å²) in [6.07, 6.45) is 11.1. The van der Waals surface area contributed by atoms with E-state index in [0.717, 1.165) is 44.1 Å². The van der Waals surface area contributed by atoms with Crippen LogP contribution in [0.4, 0.5) is 0 Å². The van der Waals surface area contributed by atoms with Crippen LogP contribution in [0.2, 0.25) is 0 Å². The minimum absolute atomic E-state index is 0.146. The quantitative estimate of drug-likeness (QED) is 0.782. The van der Waals surface area contributed by atoms with Crippen LogP contribution in [0.1, 0.15) is 71.1 Å². The van der Waals surface area contributed by atoms with E-state index in [2.05, 4.69) is 5.32 Å². The van der Waals surface area contributed by atoms with Crippen molar-refractivity contribution in [2.24, 2.45) is 35.0 Å². The number of ether oxygens (including phenoxy) is 1. The first-order valence-corrected chi connectivity index (χ1v) is 10.9. The van der Waals surface area contributed by atoms with Gasteiger partial charge in [0.25, 0.3) is 0 Å². The second-order valence-corrected chi connectivity index (χ2v) is 10.1. The zero-order valence-corrected chi connectivity index (χ0v) is 15.8. The molecule has 5 saturated carbocycles. The van der Waals surface area contributed by atoms with E-state index in [4.69, 9.17) is 14.5 Å². The average Bonchev–Trinajstić information content (AvgIpc) is 3.23. The van der Waals surface area contributed by atoms with Gasteiger partial charge in [-0.25, -0.2) is 0 Å². The van der Waals surface area contributed by atoms with Crippen LogP contribution in [0.25, 0.3) is 0 Å². The Hall–Kier alpha value is -0.650. The van der Waals surface area contributed by atoms with Crippen molar-refractivity contribution < 1.29 is 19.3 Å². The first-order valence-electron chi connectivity index (χ1n) is 10.9. The summed E-state index contributed by atoms with van der Waals surface area (Å²) in [5.74, 6) is 2.65. The topological polar surface area (TPSA) is 56.8 Å². The van der Waals surface area contributed by atoms with E-state index in [1.165, 1.54) is 32.1 Å².